The zero-order valence-corrected chi connectivity index (χ0v) is 11.3. The van der Waals surface area contributed by atoms with E-state index in [2.05, 4.69) is 22.1 Å². The smallest absolute Gasteiger partial charge is 0.269 e. The summed E-state index contributed by atoms with van der Waals surface area (Å²) in [4.78, 5) is 18.3. The van der Waals surface area contributed by atoms with Crippen molar-refractivity contribution in [1.29, 1.82) is 0 Å². The Morgan fingerprint density at radius 3 is 3.22 bits per heavy atom. The van der Waals surface area contributed by atoms with Gasteiger partial charge in [0, 0.05) is 23.8 Å². The van der Waals surface area contributed by atoms with Crippen molar-refractivity contribution >= 4 is 17.5 Å². The second-order valence-corrected chi connectivity index (χ2v) is 4.93. The van der Waals surface area contributed by atoms with Gasteiger partial charge < -0.3 is 5.32 Å². The summed E-state index contributed by atoms with van der Waals surface area (Å²) in [6, 6.07) is 3.70. The van der Waals surface area contributed by atoms with E-state index in [4.69, 9.17) is 11.6 Å². The van der Waals surface area contributed by atoms with Crippen molar-refractivity contribution in [2.75, 3.05) is 19.6 Å². The molecule has 0 aromatic carbocycles. The number of hydrogen-bond donors (Lipinski definition) is 1. The van der Waals surface area contributed by atoms with Gasteiger partial charge in [-0.2, -0.15) is 0 Å². The number of likely N-dealkylation sites (N-methyl/N-ethyl adjacent to an activating group) is 1. The molecule has 1 fully saturated rings. The molecule has 2 rings (SSSR count). The maximum Gasteiger partial charge on any atom is 0.269 e. The highest BCUT2D eigenvalue weighted by Crippen LogP contribution is 2.15. The van der Waals surface area contributed by atoms with Crippen molar-refractivity contribution in [3.63, 3.8) is 0 Å². The Morgan fingerprint density at radius 1 is 1.67 bits per heavy atom. The minimum Gasteiger partial charge on any atom is -0.349 e. The molecule has 0 aliphatic carbocycles. The molecule has 98 valence electrons. The molecular formula is C13H18ClN3O. The average molecular weight is 268 g/mol. The highest BCUT2D eigenvalue weighted by atomic mass is 35.5. The Morgan fingerprint density at radius 2 is 2.50 bits per heavy atom. The van der Waals surface area contributed by atoms with E-state index in [1.807, 2.05) is 0 Å². The number of rotatable bonds is 4. The van der Waals surface area contributed by atoms with Crippen LogP contribution in [0.4, 0.5) is 0 Å². The molecule has 1 aromatic heterocycles. The van der Waals surface area contributed by atoms with Crippen molar-refractivity contribution in [3.8, 4) is 0 Å². The van der Waals surface area contributed by atoms with Gasteiger partial charge in [0.05, 0.1) is 0 Å². The first-order valence-electron chi connectivity index (χ1n) is 6.34. The van der Waals surface area contributed by atoms with Gasteiger partial charge in [-0.15, -0.1) is 0 Å². The summed E-state index contributed by atoms with van der Waals surface area (Å²) in [7, 11) is 0. The molecule has 0 saturated carbocycles. The fourth-order valence-corrected chi connectivity index (χ4v) is 2.53. The van der Waals surface area contributed by atoms with Crippen molar-refractivity contribution < 1.29 is 4.79 Å². The Hall–Kier alpha value is -1.13. The van der Waals surface area contributed by atoms with Crippen LogP contribution in [-0.4, -0.2) is 41.5 Å². The molecule has 1 aliphatic heterocycles. The molecule has 2 heterocycles. The lowest BCUT2D eigenvalue weighted by Gasteiger charge is -2.22. The normalized spacial score (nSPS) is 20.0. The van der Waals surface area contributed by atoms with Crippen LogP contribution in [0.3, 0.4) is 0 Å². The highest BCUT2D eigenvalue weighted by molar-refractivity contribution is 6.30. The second kappa shape index (κ2) is 6.16. The van der Waals surface area contributed by atoms with E-state index in [1.54, 1.807) is 18.3 Å². The molecule has 1 N–H and O–H groups in total. The van der Waals surface area contributed by atoms with Crippen LogP contribution in [0.5, 0.6) is 0 Å². The lowest BCUT2D eigenvalue weighted by molar-refractivity contribution is 0.0936. The standard InChI is InChI=1S/C13H18ClN3O/c1-2-17-7-3-4-11(17)9-16-13(18)12-8-10(14)5-6-15-12/h5-6,8,11H,2-4,7,9H2,1H3,(H,16,18)/t11-/m1/s1. The van der Waals surface area contributed by atoms with E-state index in [9.17, 15) is 4.79 Å². The van der Waals surface area contributed by atoms with E-state index >= 15 is 0 Å². The predicted molar refractivity (Wildman–Crippen MR) is 71.8 cm³/mol. The fraction of sp³-hybridized carbons (Fsp3) is 0.538. The molecule has 1 saturated heterocycles. The predicted octanol–water partition coefficient (Wildman–Crippen LogP) is 1.95. The molecule has 1 atom stereocenters. The molecule has 0 radical (unpaired) electrons. The Bertz CT molecular complexity index is 424. The van der Waals surface area contributed by atoms with E-state index < -0.39 is 0 Å². The van der Waals surface area contributed by atoms with E-state index in [0.29, 0.717) is 23.3 Å². The molecule has 4 nitrogen and oxygen atoms in total. The van der Waals surface area contributed by atoms with Gasteiger partial charge in [0.2, 0.25) is 0 Å². The number of pyridine rings is 1. The number of amides is 1. The number of nitrogens with one attached hydrogen (secondary N) is 1. The first kappa shape index (κ1) is 13.3. The Balaban J connectivity index is 1.88. The largest absolute Gasteiger partial charge is 0.349 e. The molecule has 18 heavy (non-hydrogen) atoms. The van der Waals surface area contributed by atoms with Crippen LogP contribution < -0.4 is 5.32 Å². The summed E-state index contributed by atoms with van der Waals surface area (Å²) < 4.78 is 0. The third-order valence-electron chi connectivity index (χ3n) is 3.36. The van der Waals surface area contributed by atoms with Crippen LogP contribution in [0.25, 0.3) is 0 Å². The molecule has 1 aromatic rings. The number of carbonyl (C=O) groups excluding carboxylic acids is 1. The zero-order chi connectivity index (χ0) is 13.0. The third-order valence-corrected chi connectivity index (χ3v) is 3.59. The van der Waals surface area contributed by atoms with Crippen molar-refractivity contribution in [2.24, 2.45) is 0 Å². The quantitative estimate of drug-likeness (QED) is 0.907. The lowest BCUT2D eigenvalue weighted by Crippen LogP contribution is -2.40. The van der Waals surface area contributed by atoms with E-state index in [1.165, 1.54) is 6.42 Å². The van der Waals surface area contributed by atoms with Crippen LogP contribution in [0.2, 0.25) is 5.02 Å². The van der Waals surface area contributed by atoms with Crippen molar-refractivity contribution in [1.82, 2.24) is 15.2 Å². The van der Waals surface area contributed by atoms with Crippen molar-refractivity contribution in [2.45, 2.75) is 25.8 Å². The summed E-state index contributed by atoms with van der Waals surface area (Å²) >= 11 is 5.83. The molecule has 0 spiro atoms. The summed E-state index contributed by atoms with van der Waals surface area (Å²) in [5.41, 5.74) is 0.378. The topological polar surface area (TPSA) is 45.2 Å². The Labute approximate surface area is 112 Å². The zero-order valence-electron chi connectivity index (χ0n) is 10.5. The van der Waals surface area contributed by atoms with Gasteiger partial charge in [0.15, 0.2) is 0 Å². The summed E-state index contributed by atoms with van der Waals surface area (Å²) in [5, 5.41) is 3.46. The van der Waals surface area contributed by atoms with Gasteiger partial charge in [-0.25, -0.2) is 0 Å². The van der Waals surface area contributed by atoms with Crippen LogP contribution >= 0.6 is 11.6 Å². The third kappa shape index (κ3) is 3.21. The molecule has 1 amide bonds. The SMILES string of the molecule is CCN1CCC[C@@H]1CNC(=O)c1cc(Cl)ccn1. The molecular weight excluding hydrogens is 250 g/mol. The summed E-state index contributed by atoms with van der Waals surface area (Å²) in [5.74, 6) is -0.152. The van der Waals surface area contributed by atoms with Gasteiger partial charge in [-0.1, -0.05) is 18.5 Å². The first-order chi connectivity index (χ1) is 8.70. The van der Waals surface area contributed by atoms with Gasteiger partial charge in [-0.05, 0) is 38.1 Å². The number of hydrogen-bond acceptors (Lipinski definition) is 3. The first-order valence-corrected chi connectivity index (χ1v) is 6.72. The monoisotopic (exact) mass is 267 g/mol. The highest BCUT2D eigenvalue weighted by Gasteiger charge is 2.23. The van der Waals surface area contributed by atoms with Crippen molar-refractivity contribution in [3.05, 3.63) is 29.0 Å². The average Bonchev–Trinajstić information content (AvgIpc) is 2.83. The molecule has 1 aliphatic rings. The number of halogens is 1. The van der Waals surface area contributed by atoms with Crippen LogP contribution in [0, 0.1) is 0 Å². The maximum atomic E-state index is 11.9. The maximum absolute atomic E-state index is 11.9. The number of carbonyl (C=O) groups is 1. The minimum atomic E-state index is -0.152. The minimum absolute atomic E-state index is 0.152. The van der Waals surface area contributed by atoms with E-state index in [0.717, 1.165) is 19.5 Å². The fourth-order valence-electron chi connectivity index (χ4n) is 2.37. The van der Waals surface area contributed by atoms with E-state index in [-0.39, 0.29) is 5.91 Å². The van der Waals surface area contributed by atoms with Crippen LogP contribution in [0.1, 0.15) is 30.3 Å². The summed E-state index contributed by atoms with van der Waals surface area (Å²) in [6.45, 7) is 5.00. The van der Waals surface area contributed by atoms with Gasteiger partial charge in [0.25, 0.3) is 5.91 Å². The molecule has 0 bridgehead atoms. The second-order valence-electron chi connectivity index (χ2n) is 4.49. The van der Waals surface area contributed by atoms with Gasteiger partial charge in [0.1, 0.15) is 5.69 Å². The van der Waals surface area contributed by atoms with Crippen LogP contribution in [0.15, 0.2) is 18.3 Å². The number of likely N-dealkylation sites (tertiary alicyclic amines) is 1. The van der Waals surface area contributed by atoms with Gasteiger partial charge >= 0.3 is 0 Å². The van der Waals surface area contributed by atoms with Gasteiger partial charge in [-0.3, -0.25) is 14.7 Å². The lowest BCUT2D eigenvalue weighted by atomic mass is 10.2. The molecule has 0 unspecified atom stereocenters. The Kier molecular flexibility index (Phi) is 4.55. The molecule has 5 heteroatoms. The summed E-state index contributed by atoms with van der Waals surface area (Å²) in [6.07, 6.45) is 3.91. The number of aromatic nitrogens is 1. The number of nitrogens with zero attached hydrogens (tertiary/aromatic N) is 2. The van der Waals surface area contributed by atoms with Crippen LogP contribution in [-0.2, 0) is 0 Å².